The van der Waals surface area contributed by atoms with Gasteiger partial charge in [-0.2, -0.15) is 0 Å². The fraction of sp³-hybridized carbons (Fsp3) is 0.769. The summed E-state index contributed by atoms with van der Waals surface area (Å²) in [5.41, 5.74) is 0. The fourth-order valence-electron chi connectivity index (χ4n) is 3.02. The summed E-state index contributed by atoms with van der Waals surface area (Å²) in [5.74, 6) is -1.97. The molecule has 2 fully saturated rings. The SMILES string of the molecule is CC1C[C@H](C(=O)N2CCN(C)C(=O)C2)[C@H](C(=O)O)C1. The van der Waals surface area contributed by atoms with Crippen molar-refractivity contribution in [2.24, 2.45) is 17.8 Å². The Bertz CT molecular complexity index is 409. The van der Waals surface area contributed by atoms with Crippen LogP contribution in [0.1, 0.15) is 19.8 Å². The van der Waals surface area contributed by atoms with Crippen LogP contribution in [0.5, 0.6) is 0 Å². The van der Waals surface area contributed by atoms with Crippen molar-refractivity contribution in [3.05, 3.63) is 0 Å². The third kappa shape index (κ3) is 2.72. The highest BCUT2D eigenvalue weighted by Crippen LogP contribution is 2.37. The van der Waals surface area contributed by atoms with Gasteiger partial charge in [-0.25, -0.2) is 0 Å². The van der Waals surface area contributed by atoms with Gasteiger partial charge in [0.15, 0.2) is 0 Å². The van der Waals surface area contributed by atoms with Crippen LogP contribution in [0.25, 0.3) is 0 Å². The second-order valence-electron chi connectivity index (χ2n) is 5.70. The van der Waals surface area contributed by atoms with E-state index < -0.39 is 17.8 Å². The van der Waals surface area contributed by atoms with E-state index in [2.05, 4.69) is 0 Å². The van der Waals surface area contributed by atoms with Crippen LogP contribution >= 0.6 is 0 Å². The third-order valence-electron chi connectivity index (χ3n) is 4.20. The van der Waals surface area contributed by atoms with E-state index in [4.69, 9.17) is 0 Å². The van der Waals surface area contributed by atoms with Crippen LogP contribution < -0.4 is 0 Å². The number of likely N-dealkylation sites (N-methyl/N-ethyl adjacent to an activating group) is 1. The molecule has 6 heteroatoms. The van der Waals surface area contributed by atoms with E-state index in [1.807, 2.05) is 6.92 Å². The maximum absolute atomic E-state index is 12.4. The number of hydrogen-bond acceptors (Lipinski definition) is 3. The number of carbonyl (C=O) groups is 3. The molecule has 1 aliphatic carbocycles. The Balaban J connectivity index is 2.06. The normalized spacial score (nSPS) is 31.7. The lowest BCUT2D eigenvalue weighted by molar-refractivity contribution is -0.152. The predicted molar refractivity (Wildman–Crippen MR) is 67.2 cm³/mol. The molecule has 0 aromatic carbocycles. The molecule has 0 spiro atoms. The quantitative estimate of drug-likeness (QED) is 0.766. The first-order valence-corrected chi connectivity index (χ1v) is 6.65. The molecule has 0 aromatic rings. The van der Waals surface area contributed by atoms with Crippen molar-refractivity contribution in [2.45, 2.75) is 19.8 Å². The van der Waals surface area contributed by atoms with Crippen molar-refractivity contribution in [1.82, 2.24) is 9.80 Å². The average molecular weight is 268 g/mol. The molecule has 1 saturated carbocycles. The van der Waals surface area contributed by atoms with Crippen molar-refractivity contribution >= 4 is 17.8 Å². The van der Waals surface area contributed by atoms with Gasteiger partial charge in [0.1, 0.15) is 0 Å². The molecule has 1 N–H and O–H groups in total. The van der Waals surface area contributed by atoms with Crippen LogP contribution in [0, 0.1) is 17.8 Å². The zero-order chi connectivity index (χ0) is 14.2. The Kier molecular flexibility index (Phi) is 3.78. The monoisotopic (exact) mass is 268 g/mol. The molecular weight excluding hydrogens is 248 g/mol. The average Bonchev–Trinajstić information content (AvgIpc) is 2.74. The Morgan fingerprint density at radius 3 is 2.42 bits per heavy atom. The molecule has 0 aromatic heterocycles. The summed E-state index contributed by atoms with van der Waals surface area (Å²) in [6, 6.07) is 0. The lowest BCUT2D eigenvalue weighted by atomic mass is 9.94. The van der Waals surface area contributed by atoms with Crippen LogP contribution in [0.2, 0.25) is 0 Å². The molecular formula is C13H20N2O4. The van der Waals surface area contributed by atoms with Gasteiger partial charge in [0, 0.05) is 20.1 Å². The molecule has 0 radical (unpaired) electrons. The first-order chi connectivity index (χ1) is 8.90. The number of carboxylic acids is 1. The highest BCUT2D eigenvalue weighted by atomic mass is 16.4. The number of carbonyl (C=O) groups excluding carboxylic acids is 2. The van der Waals surface area contributed by atoms with E-state index in [0.29, 0.717) is 25.9 Å². The van der Waals surface area contributed by atoms with Crippen LogP contribution in [-0.4, -0.2) is 59.4 Å². The summed E-state index contributed by atoms with van der Waals surface area (Å²) in [6.45, 7) is 3.06. The van der Waals surface area contributed by atoms with Gasteiger partial charge in [-0.3, -0.25) is 14.4 Å². The number of piperazine rings is 1. The number of nitrogens with zero attached hydrogens (tertiary/aromatic N) is 2. The van der Waals surface area contributed by atoms with Gasteiger partial charge < -0.3 is 14.9 Å². The lowest BCUT2D eigenvalue weighted by Crippen LogP contribution is -2.52. The highest BCUT2D eigenvalue weighted by Gasteiger charge is 2.43. The van der Waals surface area contributed by atoms with E-state index >= 15 is 0 Å². The van der Waals surface area contributed by atoms with Gasteiger partial charge in [0.2, 0.25) is 11.8 Å². The second kappa shape index (κ2) is 5.19. The zero-order valence-electron chi connectivity index (χ0n) is 11.3. The first-order valence-electron chi connectivity index (χ1n) is 6.65. The summed E-state index contributed by atoms with van der Waals surface area (Å²) < 4.78 is 0. The predicted octanol–water partition coefficient (Wildman–Crippen LogP) is 0.0339. The number of rotatable bonds is 2. The molecule has 1 saturated heterocycles. The van der Waals surface area contributed by atoms with Gasteiger partial charge in [-0.05, 0) is 18.8 Å². The van der Waals surface area contributed by atoms with E-state index in [0.717, 1.165) is 0 Å². The van der Waals surface area contributed by atoms with E-state index in [1.54, 1.807) is 11.9 Å². The Hall–Kier alpha value is -1.59. The molecule has 2 rings (SSSR count). The maximum atomic E-state index is 12.4. The van der Waals surface area contributed by atoms with Crippen molar-refractivity contribution in [2.75, 3.05) is 26.7 Å². The maximum Gasteiger partial charge on any atom is 0.307 e. The molecule has 106 valence electrons. The number of aliphatic carboxylic acids is 1. The molecule has 1 unspecified atom stereocenters. The smallest absolute Gasteiger partial charge is 0.307 e. The van der Waals surface area contributed by atoms with Crippen LogP contribution in [0.15, 0.2) is 0 Å². The van der Waals surface area contributed by atoms with Gasteiger partial charge in [0.25, 0.3) is 0 Å². The molecule has 19 heavy (non-hydrogen) atoms. The van der Waals surface area contributed by atoms with Gasteiger partial charge >= 0.3 is 5.97 Å². The van der Waals surface area contributed by atoms with Crippen LogP contribution in [-0.2, 0) is 14.4 Å². The molecule has 1 aliphatic heterocycles. The number of amides is 2. The van der Waals surface area contributed by atoms with Gasteiger partial charge in [-0.1, -0.05) is 6.92 Å². The van der Waals surface area contributed by atoms with E-state index in [9.17, 15) is 19.5 Å². The minimum atomic E-state index is -0.900. The summed E-state index contributed by atoms with van der Waals surface area (Å²) in [5, 5.41) is 9.20. The highest BCUT2D eigenvalue weighted by molar-refractivity contribution is 5.89. The van der Waals surface area contributed by atoms with Crippen molar-refractivity contribution < 1.29 is 19.5 Å². The molecule has 3 atom stereocenters. The topological polar surface area (TPSA) is 77.9 Å². The number of hydrogen-bond donors (Lipinski definition) is 1. The van der Waals surface area contributed by atoms with Gasteiger partial charge in [-0.15, -0.1) is 0 Å². The zero-order valence-corrected chi connectivity index (χ0v) is 11.3. The molecule has 6 nitrogen and oxygen atoms in total. The summed E-state index contributed by atoms with van der Waals surface area (Å²) in [4.78, 5) is 38.3. The van der Waals surface area contributed by atoms with Crippen LogP contribution in [0.3, 0.4) is 0 Å². The van der Waals surface area contributed by atoms with Crippen LogP contribution in [0.4, 0.5) is 0 Å². The summed E-state index contributed by atoms with van der Waals surface area (Å²) in [6.07, 6.45) is 1.16. The molecule has 2 aliphatic rings. The van der Waals surface area contributed by atoms with Crippen molar-refractivity contribution in [3.63, 3.8) is 0 Å². The molecule has 2 amide bonds. The summed E-state index contributed by atoms with van der Waals surface area (Å²) in [7, 11) is 1.71. The second-order valence-corrected chi connectivity index (χ2v) is 5.70. The third-order valence-corrected chi connectivity index (χ3v) is 4.20. The summed E-state index contributed by atoms with van der Waals surface area (Å²) >= 11 is 0. The Morgan fingerprint density at radius 2 is 1.84 bits per heavy atom. The van der Waals surface area contributed by atoms with Gasteiger partial charge in [0.05, 0.1) is 18.4 Å². The largest absolute Gasteiger partial charge is 0.481 e. The Labute approximate surface area is 112 Å². The Morgan fingerprint density at radius 1 is 1.21 bits per heavy atom. The minimum Gasteiger partial charge on any atom is -0.481 e. The van der Waals surface area contributed by atoms with Crippen molar-refractivity contribution in [3.8, 4) is 0 Å². The van der Waals surface area contributed by atoms with Crippen molar-refractivity contribution in [1.29, 1.82) is 0 Å². The fourth-order valence-corrected chi connectivity index (χ4v) is 3.02. The lowest BCUT2D eigenvalue weighted by Gasteiger charge is -2.34. The molecule has 1 heterocycles. The standard InChI is InChI=1S/C13H20N2O4/c1-8-5-9(10(6-8)13(18)19)12(17)15-4-3-14(2)11(16)7-15/h8-10H,3-7H2,1-2H3,(H,18,19)/t8?,9-,10+/m0/s1. The number of carboxylic acid groups (broad SMARTS) is 1. The molecule has 0 bridgehead atoms. The van der Waals surface area contributed by atoms with E-state index in [-0.39, 0.29) is 24.3 Å². The first kappa shape index (κ1) is 13.8. The van der Waals surface area contributed by atoms with E-state index in [1.165, 1.54) is 4.90 Å². The minimum absolute atomic E-state index is 0.0759.